The Balaban J connectivity index is 2.28. The summed E-state index contributed by atoms with van der Waals surface area (Å²) in [6, 6.07) is 0.114. The van der Waals surface area contributed by atoms with E-state index in [-0.39, 0.29) is 12.5 Å². The van der Waals surface area contributed by atoms with Gasteiger partial charge in [-0.05, 0) is 13.8 Å². The first kappa shape index (κ1) is 10.8. The van der Waals surface area contributed by atoms with Gasteiger partial charge in [0.1, 0.15) is 0 Å². The van der Waals surface area contributed by atoms with Crippen molar-refractivity contribution in [2.24, 2.45) is 4.99 Å². The van der Waals surface area contributed by atoms with Crippen molar-refractivity contribution in [3.05, 3.63) is 0 Å². The smallest absolute Gasteiger partial charge is 0.240 e. The molecule has 1 aliphatic rings. The molecule has 0 saturated carbocycles. The fourth-order valence-electron chi connectivity index (χ4n) is 1.09. The average molecular weight is 208 g/mol. The first-order valence-corrected chi connectivity index (χ1v) is 5.31. The third-order valence-corrected chi connectivity index (χ3v) is 2.85. The van der Waals surface area contributed by atoms with Gasteiger partial charge in [-0.1, -0.05) is 11.8 Å². The van der Waals surface area contributed by atoms with E-state index in [2.05, 4.69) is 10.3 Å². The van der Waals surface area contributed by atoms with Crippen molar-refractivity contribution in [1.82, 2.24) is 5.32 Å². The summed E-state index contributed by atoms with van der Waals surface area (Å²) in [5.74, 6) is 0.948. The lowest BCUT2D eigenvalue weighted by Gasteiger charge is -2.13. The molecule has 0 radical (unpaired) electrons. The summed E-state index contributed by atoms with van der Waals surface area (Å²) in [6.07, 6.45) is -2.36. The number of thioether (sulfide) groups is 1. The number of amidine groups is 1. The molecule has 5 heteroatoms. The maximum atomic E-state index is 11.9. The fraction of sp³-hybridized carbons (Fsp3) is 0.875. The Morgan fingerprint density at radius 1 is 1.69 bits per heavy atom. The minimum atomic E-state index is -2.24. The monoisotopic (exact) mass is 208 g/mol. The van der Waals surface area contributed by atoms with Gasteiger partial charge in [-0.2, -0.15) is 0 Å². The van der Waals surface area contributed by atoms with Crippen molar-refractivity contribution in [1.29, 1.82) is 0 Å². The SMILES string of the molecule is CC1CSC(NC(C)CC(F)F)=N1. The number of hydrogen-bond acceptors (Lipinski definition) is 3. The highest BCUT2D eigenvalue weighted by Gasteiger charge is 2.17. The third kappa shape index (κ3) is 3.93. The van der Waals surface area contributed by atoms with E-state index < -0.39 is 6.43 Å². The van der Waals surface area contributed by atoms with Crippen LogP contribution >= 0.6 is 11.8 Å². The van der Waals surface area contributed by atoms with E-state index >= 15 is 0 Å². The molecule has 0 aromatic carbocycles. The van der Waals surface area contributed by atoms with Gasteiger partial charge in [0.05, 0.1) is 6.04 Å². The van der Waals surface area contributed by atoms with Gasteiger partial charge in [-0.3, -0.25) is 4.99 Å². The third-order valence-electron chi connectivity index (χ3n) is 1.70. The summed E-state index contributed by atoms with van der Waals surface area (Å²) < 4.78 is 23.9. The van der Waals surface area contributed by atoms with Crippen molar-refractivity contribution >= 4 is 16.9 Å². The molecule has 1 aliphatic heterocycles. The first-order valence-electron chi connectivity index (χ1n) is 4.33. The van der Waals surface area contributed by atoms with Crippen LogP contribution < -0.4 is 5.32 Å². The summed E-state index contributed by atoms with van der Waals surface area (Å²) in [6.45, 7) is 3.76. The topological polar surface area (TPSA) is 24.4 Å². The Kier molecular flexibility index (Phi) is 3.96. The molecule has 0 spiro atoms. The van der Waals surface area contributed by atoms with Crippen molar-refractivity contribution in [3.63, 3.8) is 0 Å². The molecule has 2 unspecified atom stereocenters. The lowest BCUT2D eigenvalue weighted by Crippen LogP contribution is -2.31. The lowest BCUT2D eigenvalue weighted by atomic mass is 10.2. The maximum absolute atomic E-state index is 11.9. The van der Waals surface area contributed by atoms with E-state index in [1.807, 2.05) is 6.92 Å². The largest absolute Gasteiger partial charge is 0.362 e. The normalized spacial score (nSPS) is 24.7. The Morgan fingerprint density at radius 3 is 2.85 bits per heavy atom. The van der Waals surface area contributed by atoms with Gasteiger partial charge in [0, 0.05) is 18.2 Å². The second kappa shape index (κ2) is 4.79. The number of nitrogens with zero attached hydrogens (tertiary/aromatic N) is 1. The first-order chi connectivity index (χ1) is 6.08. The molecular formula is C8H14F2N2S. The number of aliphatic imine (C=N–C) groups is 1. The standard InChI is InChI=1S/C8H14F2N2S/c1-5(3-7(9)10)11-8-12-6(2)4-13-8/h5-7H,3-4H2,1-2H3,(H,11,12). The quantitative estimate of drug-likeness (QED) is 0.768. The molecule has 0 fully saturated rings. The zero-order valence-electron chi connectivity index (χ0n) is 7.76. The number of rotatable bonds is 3. The summed E-state index contributed by atoms with van der Waals surface area (Å²) in [5, 5.41) is 3.78. The molecule has 0 saturated heterocycles. The molecule has 0 bridgehead atoms. The predicted molar refractivity (Wildman–Crippen MR) is 52.6 cm³/mol. The Morgan fingerprint density at radius 2 is 2.38 bits per heavy atom. The lowest BCUT2D eigenvalue weighted by molar-refractivity contribution is 0.128. The summed E-state index contributed by atoms with van der Waals surface area (Å²) in [5.41, 5.74) is 0. The van der Waals surface area contributed by atoms with E-state index in [9.17, 15) is 8.78 Å². The van der Waals surface area contributed by atoms with E-state index in [0.717, 1.165) is 10.9 Å². The number of alkyl halides is 2. The van der Waals surface area contributed by atoms with Crippen LogP contribution in [0.4, 0.5) is 8.78 Å². The highest BCUT2D eigenvalue weighted by atomic mass is 32.2. The van der Waals surface area contributed by atoms with Crippen LogP contribution in [-0.4, -0.2) is 29.4 Å². The van der Waals surface area contributed by atoms with Crippen LogP contribution in [0.3, 0.4) is 0 Å². The number of nitrogens with one attached hydrogen (secondary N) is 1. The van der Waals surface area contributed by atoms with Crippen LogP contribution in [0.15, 0.2) is 4.99 Å². The predicted octanol–water partition coefficient (Wildman–Crippen LogP) is 2.11. The molecule has 0 amide bonds. The van der Waals surface area contributed by atoms with Gasteiger partial charge in [0.25, 0.3) is 0 Å². The average Bonchev–Trinajstić information content (AvgIpc) is 2.33. The highest BCUT2D eigenvalue weighted by molar-refractivity contribution is 8.14. The van der Waals surface area contributed by atoms with Gasteiger partial charge in [0.2, 0.25) is 6.43 Å². The molecule has 2 nitrogen and oxygen atoms in total. The van der Waals surface area contributed by atoms with Crippen LogP contribution in [0.2, 0.25) is 0 Å². The second-order valence-electron chi connectivity index (χ2n) is 3.27. The van der Waals surface area contributed by atoms with Gasteiger partial charge in [0.15, 0.2) is 5.17 Å². The molecule has 0 aliphatic carbocycles. The fourth-order valence-corrected chi connectivity index (χ4v) is 2.10. The molecule has 0 aromatic heterocycles. The molecular weight excluding hydrogens is 194 g/mol. The second-order valence-corrected chi connectivity index (χ2v) is 4.28. The van der Waals surface area contributed by atoms with Crippen LogP contribution in [0.1, 0.15) is 20.3 Å². The Labute approximate surface area is 81.2 Å². The van der Waals surface area contributed by atoms with E-state index in [4.69, 9.17) is 0 Å². The number of hydrogen-bond donors (Lipinski definition) is 1. The van der Waals surface area contributed by atoms with E-state index in [1.165, 1.54) is 0 Å². The van der Waals surface area contributed by atoms with Gasteiger partial charge in [-0.15, -0.1) is 0 Å². The molecule has 1 heterocycles. The molecule has 76 valence electrons. The van der Waals surface area contributed by atoms with Crippen molar-refractivity contribution in [2.75, 3.05) is 5.75 Å². The molecule has 13 heavy (non-hydrogen) atoms. The summed E-state index contributed by atoms with van der Waals surface area (Å²) >= 11 is 1.60. The molecule has 0 aromatic rings. The van der Waals surface area contributed by atoms with Crippen molar-refractivity contribution in [3.8, 4) is 0 Å². The zero-order chi connectivity index (χ0) is 9.84. The van der Waals surface area contributed by atoms with Crippen LogP contribution in [0.5, 0.6) is 0 Å². The Bertz CT molecular complexity index is 197. The minimum Gasteiger partial charge on any atom is -0.362 e. The van der Waals surface area contributed by atoms with Gasteiger partial charge < -0.3 is 5.32 Å². The number of halogens is 2. The minimum absolute atomic E-state index is 0.117. The maximum Gasteiger partial charge on any atom is 0.240 e. The van der Waals surface area contributed by atoms with Crippen LogP contribution in [-0.2, 0) is 0 Å². The Hall–Kier alpha value is -0.320. The highest BCUT2D eigenvalue weighted by Crippen LogP contribution is 2.16. The van der Waals surface area contributed by atoms with Crippen molar-refractivity contribution < 1.29 is 8.78 Å². The molecule has 2 atom stereocenters. The van der Waals surface area contributed by atoms with Crippen LogP contribution in [0.25, 0.3) is 0 Å². The van der Waals surface area contributed by atoms with Crippen molar-refractivity contribution in [2.45, 2.75) is 38.8 Å². The summed E-state index contributed by atoms with van der Waals surface area (Å²) in [4.78, 5) is 4.26. The van der Waals surface area contributed by atoms with E-state index in [1.54, 1.807) is 18.7 Å². The van der Waals surface area contributed by atoms with Crippen LogP contribution in [0, 0.1) is 0 Å². The van der Waals surface area contributed by atoms with Gasteiger partial charge in [-0.25, -0.2) is 8.78 Å². The summed E-state index contributed by atoms with van der Waals surface area (Å²) in [7, 11) is 0. The zero-order valence-corrected chi connectivity index (χ0v) is 8.57. The molecule has 1 rings (SSSR count). The van der Waals surface area contributed by atoms with Gasteiger partial charge >= 0.3 is 0 Å². The molecule has 1 N–H and O–H groups in total. The van der Waals surface area contributed by atoms with E-state index in [0.29, 0.717) is 6.04 Å².